The number of hydrogen-bond acceptors (Lipinski definition) is 5. The van der Waals surface area contributed by atoms with E-state index in [1.54, 1.807) is 12.1 Å². The first-order chi connectivity index (χ1) is 13.8. The molecule has 3 rings (SSSR count). The third-order valence-corrected chi connectivity index (χ3v) is 4.89. The van der Waals surface area contributed by atoms with Crippen molar-refractivity contribution < 1.29 is 13.9 Å². The third-order valence-electron chi connectivity index (χ3n) is 4.89. The second kappa shape index (κ2) is 8.68. The average Bonchev–Trinajstić information content (AvgIpc) is 2.68. The van der Waals surface area contributed by atoms with Gasteiger partial charge in [-0.3, -0.25) is 0 Å². The second-order valence-electron chi connectivity index (χ2n) is 7.64. The van der Waals surface area contributed by atoms with Crippen molar-refractivity contribution in [1.82, 2.24) is 4.98 Å². The number of nitrogens with zero attached hydrogens (tertiary/aromatic N) is 1. The minimum Gasteiger partial charge on any atom is -0.490 e. The number of ether oxygens (including phenoxy) is 2. The lowest BCUT2D eigenvalue weighted by Gasteiger charge is -2.16. The van der Waals surface area contributed by atoms with Crippen molar-refractivity contribution in [1.29, 1.82) is 0 Å². The minimum atomic E-state index is -0.434. The standard InChI is InChI=1S/C24H29NO4/c1-7-27-21-12-19-20(13-22(21)28-8-2)25-23(29-24(19)26)17-10-9-16(14(3)4)11-18(17)15(5)6/h9-15H,7-8H2,1-6H3. The zero-order valence-electron chi connectivity index (χ0n) is 18.0. The SMILES string of the molecule is CCOc1cc2nc(-c3ccc(C(C)C)cc3C(C)C)oc(=O)c2cc1OCC. The lowest BCUT2D eigenvalue weighted by atomic mass is 9.91. The van der Waals surface area contributed by atoms with Crippen LogP contribution in [0, 0.1) is 0 Å². The maximum absolute atomic E-state index is 12.8. The Hall–Kier alpha value is -2.82. The summed E-state index contributed by atoms with van der Waals surface area (Å²) in [4.78, 5) is 17.4. The van der Waals surface area contributed by atoms with E-state index < -0.39 is 5.63 Å². The fourth-order valence-electron chi connectivity index (χ4n) is 3.34. The molecule has 0 saturated carbocycles. The molecule has 0 unspecified atom stereocenters. The zero-order valence-corrected chi connectivity index (χ0v) is 18.0. The highest BCUT2D eigenvalue weighted by Gasteiger charge is 2.18. The Bertz CT molecular complexity index is 1070. The summed E-state index contributed by atoms with van der Waals surface area (Å²) in [5, 5.41) is 0.380. The van der Waals surface area contributed by atoms with Crippen molar-refractivity contribution >= 4 is 10.9 Å². The number of benzene rings is 2. The van der Waals surface area contributed by atoms with E-state index in [1.165, 1.54) is 5.56 Å². The van der Waals surface area contributed by atoms with Gasteiger partial charge < -0.3 is 13.9 Å². The Morgan fingerprint density at radius 1 is 0.931 bits per heavy atom. The Morgan fingerprint density at radius 3 is 2.17 bits per heavy atom. The maximum Gasteiger partial charge on any atom is 0.347 e. The minimum absolute atomic E-state index is 0.269. The first-order valence-corrected chi connectivity index (χ1v) is 10.2. The van der Waals surface area contributed by atoms with Gasteiger partial charge in [0, 0.05) is 17.7 Å². The van der Waals surface area contributed by atoms with Gasteiger partial charge in [0.2, 0.25) is 5.89 Å². The molecule has 0 spiro atoms. The summed E-state index contributed by atoms with van der Waals surface area (Å²) in [6.07, 6.45) is 0. The van der Waals surface area contributed by atoms with E-state index in [2.05, 4.69) is 44.8 Å². The Balaban J connectivity index is 2.21. The lowest BCUT2D eigenvalue weighted by molar-refractivity contribution is 0.288. The number of fused-ring (bicyclic) bond motifs is 1. The van der Waals surface area contributed by atoms with Gasteiger partial charge in [0.1, 0.15) is 0 Å². The molecule has 154 valence electrons. The van der Waals surface area contributed by atoms with E-state index in [9.17, 15) is 4.79 Å². The number of hydrogen-bond donors (Lipinski definition) is 0. The van der Waals surface area contributed by atoms with Crippen molar-refractivity contribution in [2.24, 2.45) is 0 Å². The zero-order chi connectivity index (χ0) is 21.1. The molecule has 2 aromatic carbocycles. The van der Waals surface area contributed by atoms with Crippen LogP contribution in [0.4, 0.5) is 0 Å². The number of rotatable bonds is 7. The van der Waals surface area contributed by atoms with E-state index >= 15 is 0 Å². The largest absolute Gasteiger partial charge is 0.490 e. The molecule has 1 heterocycles. The second-order valence-corrected chi connectivity index (χ2v) is 7.64. The summed E-state index contributed by atoms with van der Waals surface area (Å²) in [6.45, 7) is 13.3. The average molecular weight is 395 g/mol. The Morgan fingerprint density at radius 2 is 1.59 bits per heavy atom. The topological polar surface area (TPSA) is 61.6 Å². The summed E-state index contributed by atoms with van der Waals surface area (Å²) in [6, 6.07) is 9.65. The predicted molar refractivity (Wildman–Crippen MR) is 116 cm³/mol. The summed E-state index contributed by atoms with van der Waals surface area (Å²) in [5.74, 6) is 2.11. The summed E-state index contributed by atoms with van der Waals surface area (Å²) in [5.41, 5.74) is 3.31. The molecule has 0 aliphatic carbocycles. The van der Waals surface area contributed by atoms with Gasteiger partial charge in [-0.25, -0.2) is 9.78 Å². The van der Waals surface area contributed by atoms with E-state index in [0.717, 1.165) is 11.1 Å². The van der Waals surface area contributed by atoms with Crippen molar-refractivity contribution in [3.05, 3.63) is 51.9 Å². The highest BCUT2D eigenvalue weighted by Crippen LogP contribution is 2.34. The van der Waals surface area contributed by atoms with Crippen molar-refractivity contribution in [3.8, 4) is 23.0 Å². The molecule has 1 aromatic heterocycles. The molecule has 0 aliphatic rings. The highest BCUT2D eigenvalue weighted by atomic mass is 16.5. The first kappa shape index (κ1) is 20.9. The molecule has 0 saturated heterocycles. The van der Waals surface area contributed by atoms with Crippen LogP contribution in [0.3, 0.4) is 0 Å². The van der Waals surface area contributed by atoms with Gasteiger partial charge in [-0.2, -0.15) is 0 Å². The van der Waals surface area contributed by atoms with Crippen LogP contribution >= 0.6 is 0 Å². The van der Waals surface area contributed by atoms with Crippen LogP contribution in [-0.2, 0) is 0 Å². The van der Waals surface area contributed by atoms with Crippen molar-refractivity contribution in [2.45, 2.75) is 53.4 Å². The van der Waals surface area contributed by atoms with Gasteiger partial charge in [-0.15, -0.1) is 0 Å². The van der Waals surface area contributed by atoms with Gasteiger partial charge in [-0.05, 0) is 42.9 Å². The van der Waals surface area contributed by atoms with Gasteiger partial charge in [0.15, 0.2) is 11.5 Å². The van der Waals surface area contributed by atoms with Crippen LogP contribution in [0.2, 0.25) is 0 Å². The highest BCUT2D eigenvalue weighted by molar-refractivity contribution is 5.83. The molecule has 5 heteroatoms. The molecular weight excluding hydrogens is 366 g/mol. The Kier molecular flexibility index (Phi) is 6.26. The predicted octanol–water partition coefficient (Wildman–Crippen LogP) is 5.90. The van der Waals surface area contributed by atoms with E-state index in [-0.39, 0.29) is 5.92 Å². The van der Waals surface area contributed by atoms with Gasteiger partial charge in [0.25, 0.3) is 0 Å². The van der Waals surface area contributed by atoms with Crippen LogP contribution in [0.25, 0.3) is 22.4 Å². The monoisotopic (exact) mass is 395 g/mol. The quantitative estimate of drug-likeness (QED) is 0.498. The molecule has 0 aliphatic heterocycles. The normalized spacial score (nSPS) is 11.4. The summed E-state index contributed by atoms with van der Waals surface area (Å²) < 4.78 is 16.9. The molecule has 0 fully saturated rings. The molecule has 5 nitrogen and oxygen atoms in total. The fraction of sp³-hybridized carbons (Fsp3) is 0.417. The fourth-order valence-corrected chi connectivity index (χ4v) is 3.34. The molecule has 29 heavy (non-hydrogen) atoms. The molecular formula is C24H29NO4. The van der Waals surface area contributed by atoms with Crippen LogP contribution in [-0.4, -0.2) is 18.2 Å². The van der Waals surface area contributed by atoms with Gasteiger partial charge in [0.05, 0.1) is 24.1 Å². The third kappa shape index (κ3) is 4.29. The van der Waals surface area contributed by atoms with E-state index in [1.807, 2.05) is 19.9 Å². The smallest absolute Gasteiger partial charge is 0.347 e. The maximum atomic E-state index is 12.8. The molecule has 0 bridgehead atoms. The lowest BCUT2D eigenvalue weighted by Crippen LogP contribution is -2.07. The van der Waals surface area contributed by atoms with Crippen LogP contribution in [0.1, 0.15) is 64.5 Å². The summed E-state index contributed by atoms with van der Waals surface area (Å²) in [7, 11) is 0. The van der Waals surface area contributed by atoms with E-state index in [0.29, 0.717) is 47.4 Å². The molecule has 0 radical (unpaired) electrons. The van der Waals surface area contributed by atoms with Gasteiger partial charge in [-0.1, -0.05) is 39.8 Å². The molecule has 0 N–H and O–H groups in total. The van der Waals surface area contributed by atoms with E-state index in [4.69, 9.17) is 13.9 Å². The van der Waals surface area contributed by atoms with Crippen LogP contribution < -0.4 is 15.1 Å². The van der Waals surface area contributed by atoms with Crippen molar-refractivity contribution in [2.75, 3.05) is 13.2 Å². The summed E-state index contributed by atoms with van der Waals surface area (Å²) >= 11 is 0. The number of aromatic nitrogens is 1. The van der Waals surface area contributed by atoms with Crippen molar-refractivity contribution in [3.63, 3.8) is 0 Å². The van der Waals surface area contributed by atoms with Crippen LogP contribution in [0.5, 0.6) is 11.5 Å². The Labute approximate surface area is 171 Å². The molecule has 0 atom stereocenters. The van der Waals surface area contributed by atoms with Crippen LogP contribution in [0.15, 0.2) is 39.5 Å². The first-order valence-electron chi connectivity index (χ1n) is 10.2. The molecule has 3 aromatic rings. The molecule has 0 amide bonds. The van der Waals surface area contributed by atoms with Gasteiger partial charge >= 0.3 is 5.63 Å².